The van der Waals surface area contributed by atoms with Gasteiger partial charge in [0.25, 0.3) is 5.56 Å². The minimum atomic E-state index is -4.63. The minimum Gasteiger partial charge on any atom is -0.480 e. The van der Waals surface area contributed by atoms with Gasteiger partial charge in [-0.2, -0.15) is 13.2 Å². The number of thiophene rings is 1. The maximum Gasteiger partial charge on any atom is 0.411 e. The van der Waals surface area contributed by atoms with Gasteiger partial charge in [-0.05, 0) is 31.9 Å². The number of oxazole rings is 1. The van der Waals surface area contributed by atoms with Gasteiger partial charge >= 0.3 is 17.8 Å². The number of ether oxygens (including phenoxy) is 1. The number of benzene rings is 1. The molecule has 0 saturated heterocycles. The number of carboxylic acids is 1. The van der Waals surface area contributed by atoms with E-state index in [0.29, 0.717) is 20.6 Å². The van der Waals surface area contributed by atoms with Crippen LogP contribution in [0.4, 0.5) is 13.2 Å². The van der Waals surface area contributed by atoms with Crippen LogP contribution in [0.25, 0.3) is 21.0 Å². The lowest BCUT2D eigenvalue weighted by molar-refractivity contribution is -0.187. The van der Waals surface area contributed by atoms with Crippen molar-refractivity contribution < 1.29 is 32.2 Å². The van der Waals surface area contributed by atoms with Crippen molar-refractivity contribution in [1.82, 2.24) is 14.1 Å². The fraction of sp³-hybridized carbons (Fsp3) is 0.333. The van der Waals surface area contributed by atoms with Crippen molar-refractivity contribution in [3.63, 3.8) is 0 Å². The zero-order valence-corrected chi connectivity index (χ0v) is 20.7. The van der Waals surface area contributed by atoms with Crippen molar-refractivity contribution in [2.75, 3.05) is 6.61 Å². The van der Waals surface area contributed by atoms with E-state index in [0.717, 1.165) is 15.9 Å². The number of carbonyl (C=O) groups is 1. The van der Waals surface area contributed by atoms with Crippen molar-refractivity contribution in [2.45, 2.75) is 45.1 Å². The van der Waals surface area contributed by atoms with E-state index in [1.807, 2.05) is 0 Å². The topological polar surface area (TPSA) is 117 Å². The lowest BCUT2D eigenvalue weighted by atomic mass is 10.1. The molecular formula is C24H22F3N3O6S. The van der Waals surface area contributed by atoms with E-state index in [4.69, 9.17) is 9.15 Å². The molecule has 1 aromatic carbocycles. The molecule has 0 radical (unpaired) electrons. The summed E-state index contributed by atoms with van der Waals surface area (Å²) in [7, 11) is 0. The molecule has 3 heterocycles. The number of aliphatic carboxylic acids is 1. The summed E-state index contributed by atoms with van der Waals surface area (Å²) in [5.41, 5.74) is -3.05. The van der Waals surface area contributed by atoms with Crippen LogP contribution in [-0.2, 0) is 21.6 Å². The van der Waals surface area contributed by atoms with Gasteiger partial charge in [0.1, 0.15) is 29.3 Å². The molecule has 4 aromatic rings. The second-order valence-corrected chi connectivity index (χ2v) is 9.80. The number of nitrogens with zero attached hydrogens (tertiary/aromatic N) is 3. The van der Waals surface area contributed by atoms with Gasteiger partial charge in [0.15, 0.2) is 0 Å². The molecule has 1 atom stereocenters. The molecule has 0 aliphatic carbocycles. The quantitative estimate of drug-likeness (QED) is 0.356. The Labute approximate surface area is 211 Å². The molecule has 196 valence electrons. The second kappa shape index (κ2) is 9.63. The summed E-state index contributed by atoms with van der Waals surface area (Å²) in [6, 6.07) is 8.01. The SMILES string of the molecule is Cc1c(-c2ncco2)sc2c1c(=O)n(C(C)(C)C(=O)O)c(=O)n2CC(OCC(F)(F)F)c1ccccc1. The van der Waals surface area contributed by atoms with Crippen LogP contribution in [0, 0.1) is 6.92 Å². The van der Waals surface area contributed by atoms with E-state index in [9.17, 15) is 32.7 Å². The van der Waals surface area contributed by atoms with Crippen LogP contribution in [0.3, 0.4) is 0 Å². The number of hydrogen-bond acceptors (Lipinski definition) is 7. The van der Waals surface area contributed by atoms with E-state index < -0.39 is 48.2 Å². The molecular weight excluding hydrogens is 515 g/mol. The first kappa shape index (κ1) is 26.4. The number of carboxylic acid groups (broad SMARTS) is 1. The van der Waals surface area contributed by atoms with E-state index in [1.54, 1.807) is 37.3 Å². The van der Waals surface area contributed by atoms with Gasteiger partial charge in [0.05, 0.1) is 23.0 Å². The summed E-state index contributed by atoms with van der Waals surface area (Å²) in [5, 5.41) is 9.82. The van der Waals surface area contributed by atoms with E-state index >= 15 is 0 Å². The van der Waals surface area contributed by atoms with Gasteiger partial charge in [-0.15, -0.1) is 11.3 Å². The fourth-order valence-corrected chi connectivity index (χ4v) is 5.16. The number of aromatic nitrogens is 3. The number of fused-ring (bicyclic) bond motifs is 1. The molecule has 9 nitrogen and oxygen atoms in total. The first-order chi connectivity index (χ1) is 17.3. The lowest BCUT2D eigenvalue weighted by Gasteiger charge is -2.25. The predicted molar refractivity (Wildman–Crippen MR) is 129 cm³/mol. The third-order valence-corrected chi connectivity index (χ3v) is 7.19. The third kappa shape index (κ3) is 4.96. The average Bonchev–Trinajstić information content (AvgIpc) is 3.46. The smallest absolute Gasteiger partial charge is 0.411 e. The van der Waals surface area contributed by atoms with Crippen LogP contribution < -0.4 is 11.2 Å². The van der Waals surface area contributed by atoms with Gasteiger partial charge < -0.3 is 14.3 Å². The molecule has 1 unspecified atom stereocenters. The highest BCUT2D eigenvalue weighted by Crippen LogP contribution is 2.36. The highest BCUT2D eigenvalue weighted by Gasteiger charge is 2.36. The molecule has 0 saturated carbocycles. The molecule has 0 spiro atoms. The fourth-order valence-electron chi connectivity index (χ4n) is 3.92. The zero-order valence-electron chi connectivity index (χ0n) is 19.9. The predicted octanol–water partition coefficient (Wildman–Crippen LogP) is 4.33. The van der Waals surface area contributed by atoms with E-state index in [2.05, 4.69) is 4.98 Å². The van der Waals surface area contributed by atoms with Gasteiger partial charge in [0, 0.05) is 0 Å². The molecule has 0 amide bonds. The Balaban J connectivity index is 2.00. The molecule has 0 aliphatic heterocycles. The highest BCUT2D eigenvalue weighted by atomic mass is 32.1. The standard InChI is InChI=1S/C24H22F3N3O6S/c1-13-16-19(31)30(23(2,3)21(32)33)22(34)29(20(16)37-17(13)18-28-9-10-35-18)11-15(36-12-24(25,26)27)14-7-5-4-6-8-14/h4-10,15H,11-12H2,1-3H3,(H,32,33). The van der Waals surface area contributed by atoms with Crippen molar-refractivity contribution in [3.05, 3.63) is 74.8 Å². The van der Waals surface area contributed by atoms with Crippen LogP contribution in [0.5, 0.6) is 0 Å². The van der Waals surface area contributed by atoms with Crippen LogP contribution in [0.1, 0.15) is 31.1 Å². The molecule has 37 heavy (non-hydrogen) atoms. The van der Waals surface area contributed by atoms with Crippen LogP contribution in [0.15, 0.2) is 56.8 Å². The Bertz CT molecular complexity index is 1550. The normalized spacial score (nSPS) is 13.2. The van der Waals surface area contributed by atoms with Gasteiger partial charge in [-0.1, -0.05) is 30.3 Å². The summed E-state index contributed by atoms with van der Waals surface area (Å²) >= 11 is 0.993. The Morgan fingerprint density at radius 3 is 2.46 bits per heavy atom. The summed E-state index contributed by atoms with van der Waals surface area (Å²) in [4.78, 5) is 43.9. The van der Waals surface area contributed by atoms with E-state index in [1.165, 1.54) is 26.3 Å². The molecule has 0 bridgehead atoms. The molecule has 3 aromatic heterocycles. The summed E-state index contributed by atoms with van der Waals surface area (Å²) < 4.78 is 51.4. The van der Waals surface area contributed by atoms with Gasteiger partial charge in [-0.25, -0.2) is 19.1 Å². The van der Waals surface area contributed by atoms with Crippen LogP contribution in [0.2, 0.25) is 0 Å². The number of hydrogen-bond donors (Lipinski definition) is 1. The van der Waals surface area contributed by atoms with Crippen LogP contribution in [-0.4, -0.2) is 38.0 Å². The largest absolute Gasteiger partial charge is 0.480 e. The van der Waals surface area contributed by atoms with Crippen molar-refractivity contribution in [1.29, 1.82) is 0 Å². The Morgan fingerprint density at radius 2 is 1.89 bits per heavy atom. The van der Waals surface area contributed by atoms with Crippen molar-refractivity contribution in [3.8, 4) is 10.8 Å². The average molecular weight is 538 g/mol. The Morgan fingerprint density at radius 1 is 1.22 bits per heavy atom. The first-order valence-corrected chi connectivity index (χ1v) is 11.8. The number of halogens is 3. The summed E-state index contributed by atoms with van der Waals surface area (Å²) in [5.74, 6) is -1.26. The van der Waals surface area contributed by atoms with Crippen molar-refractivity contribution in [2.24, 2.45) is 0 Å². The molecule has 0 fully saturated rings. The third-order valence-electron chi connectivity index (χ3n) is 5.89. The van der Waals surface area contributed by atoms with Gasteiger partial charge in [-0.3, -0.25) is 9.36 Å². The molecule has 4 rings (SSSR count). The first-order valence-electron chi connectivity index (χ1n) is 11.0. The number of rotatable bonds is 8. The lowest BCUT2D eigenvalue weighted by Crippen LogP contribution is -2.52. The summed E-state index contributed by atoms with van der Waals surface area (Å²) in [6.45, 7) is 1.99. The monoisotopic (exact) mass is 537 g/mol. The molecule has 1 N–H and O–H groups in total. The number of alkyl halides is 3. The van der Waals surface area contributed by atoms with Gasteiger partial charge in [0.2, 0.25) is 5.89 Å². The van der Waals surface area contributed by atoms with E-state index in [-0.39, 0.29) is 16.1 Å². The van der Waals surface area contributed by atoms with Crippen LogP contribution >= 0.6 is 11.3 Å². The Kier molecular flexibility index (Phi) is 6.86. The number of aryl methyl sites for hydroxylation is 1. The zero-order chi connectivity index (χ0) is 27.1. The summed E-state index contributed by atoms with van der Waals surface area (Å²) in [6.07, 6.45) is -3.15. The maximum atomic E-state index is 13.7. The highest BCUT2D eigenvalue weighted by molar-refractivity contribution is 7.22. The maximum absolute atomic E-state index is 13.7. The molecule has 0 aliphatic rings. The molecule has 13 heteroatoms. The Hall–Kier alpha value is -3.71. The minimum absolute atomic E-state index is 0.0368. The second-order valence-electron chi connectivity index (χ2n) is 8.80. The van der Waals surface area contributed by atoms with Crippen molar-refractivity contribution >= 4 is 27.5 Å².